The summed E-state index contributed by atoms with van der Waals surface area (Å²) in [6.45, 7) is 0.771. The van der Waals surface area contributed by atoms with Crippen LogP contribution in [0.2, 0.25) is 0 Å². The molecule has 88 valence electrons. The predicted molar refractivity (Wildman–Crippen MR) is 69.1 cm³/mol. The maximum absolute atomic E-state index is 5.72. The lowest BCUT2D eigenvalue weighted by Crippen LogP contribution is -2.28. The number of fused-ring (bicyclic) bond motifs is 1. The molecule has 1 unspecified atom stereocenters. The molecule has 1 aromatic carbocycles. The third-order valence-electron chi connectivity index (χ3n) is 3.10. The minimum atomic E-state index is 0.00861. The lowest BCUT2D eigenvalue weighted by Gasteiger charge is -2.18. The zero-order valence-corrected chi connectivity index (χ0v) is 10.2. The first kappa shape index (κ1) is 10.8. The number of nitrogens with two attached hydrogens (primary N) is 1. The largest absolute Gasteiger partial charge is 0.493 e. The first-order chi connectivity index (χ1) is 8.40. The van der Waals surface area contributed by atoms with E-state index in [9.17, 15) is 0 Å². The third kappa shape index (κ3) is 1.84. The van der Waals surface area contributed by atoms with Crippen LogP contribution in [-0.4, -0.2) is 6.61 Å². The van der Waals surface area contributed by atoms with Gasteiger partial charge in [-0.2, -0.15) is 11.3 Å². The lowest BCUT2D eigenvalue weighted by molar-refractivity contribution is 0.350. The SMILES string of the molecule is NNC(c1ccsc1)c1cccc2c1OCC2. The topological polar surface area (TPSA) is 47.3 Å². The molecule has 0 aliphatic carbocycles. The summed E-state index contributed by atoms with van der Waals surface area (Å²) in [6.07, 6.45) is 0.990. The normalized spacial score (nSPS) is 15.4. The summed E-state index contributed by atoms with van der Waals surface area (Å²) in [5, 5.41) is 4.17. The van der Waals surface area contributed by atoms with Crippen molar-refractivity contribution in [3.05, 3.63) is 51.7 Å². The summed E-state index contributed by atoms with van der Waals surface area (Å²) in [6, 6.07) is 8.36. The first-order valence-electron chi connectivity index (χ1n) is 5.63. The smallest absolute Gasteiger partial charge is 0.127 e. The Morgan fingerprint density at radius 1 is 1.35 bits per heavy atom. The van der Waals surface area contributed by atoms with Crippen LogP contribution < -0.4 is 16.0 Å². The maximum atomic E-state index is 5.72. The molecule has 0 fully saturated rings. The van der Waals surface area contributed by atoms with E-state index in [0.717, 1.165) is 24.3 Å². The Kier molecular flexibility index (Phi) is 2.84. The predicted octanol–water partition coefficient (Wildman–Crippen LogP) is 2.24. The number of hydrogen-bond donors (Lipinski definition) is 2. The average molecular weight is 246 g/mol. The first-order valence-corrected chi connectivity index (χ1v) is 6.57. The molecule has 3 nitrogen and oxygen atoms in total. The van der Waals surface area contributed by atoms with Crippen LogP contribution in [-0.2, 0) is 6.42 Å². The van der Waals surface area contributed by atoms with E-state index in [2.05, 4.69) is 40.5 Å². The van der Waals surface area contributed by atoms with Crippen molar-refractivity contribution in [2.45, 2.75) is 12.5 Å². The van der Waals surface area contributed by atoms with Gasteiger partial charge in [0, 0.05) is 12.0 Å². The zero-order valence-electron chi connectivity index (χ0n) is 9.35. The number of hydrazine groups is 1. The molecule has 2 heterocycles. The van der Waals surface area contributed by atoms with Crippen LogP contribution in [0.15, 0.2) is 35.0 Å². The van der Waals surface area contributed by atoms with E-state index in [1.165, 1.54) is 11.1 Å². The van der Waals surface area contributed by atoms with Gasteiger partial charge in [0.05, 0.1) is 12.6 Å². The number of thiophene rings is 1. The second-order valence-electron chi connectivity index (χ2n) is 4.09. The minimum absolute atomic E-state index is 0.00861. The monoisotopic (exact) mass is 246 g/mol. The molecular weight excluding hydrogens is 232 g/mol. The van der Waals surface area contributed by atoms with E-state index in [0.29, 0.717) is 0 Å². The van der Waals surface area contributed by atoms with Crippen molar-refractivity contribution in [2.24, 2.45) is 5.84 Å². The van der Waals surface area contributed by atoms with E-state index < -0.39 is 0 Å². The molecule has 0 amide bonds. The summed E-state index contributed by atoms with van der Waals surface area (Å²) in [7, 11) is 0. The lowest BCUT2D eigenvalue weighted by atomic mass is 9.98. The van der Waals surface area contributed by atoms with E-state index >= 15 is 0 Å². The molecule has 2 aromatic rings. The third-order valence-corrected chi connectivity index (χ3v) is 3.80. The highest BCUT2D eigenvalue weighted by molar-refractivity contribution is 7.08. The van der Waals surface area contributed by atoms with Gasteiger partial charge in [0.2, 0.25) is 0 Å². The Morgan fingerprint density at radius 3 is 3.06 bits per heavy atom. The van der Waals surface area contributed by atoms with Crippen LogP contribution in [0.1, 0.15) is 22.7 Å². The quantitative estimate of drug-likeness (QED) is 0.645. The van der Waals surface area contributed by atoms with Gasteiger partial charge >= 0.3 is 0 Å². The Morgan fingerprint density at radius 2 is 2.29 bits per heavy atom. The van der Waals surface area contributed by atoms with Crippen LogP contribution in [0.25, 0.3) is 0 Å². The summed E-state index contributed by atoms with van der Waals surface area (Å²) < 4.78 is 5.72. The molecule has 0 spiro atoms. The van der Waals surface area contributed by atoms with Gasteiger partial charge in [0.25, 0.3) is 0 Å². The van der Waals surface area contributed by atoms with Crippen LogP contribution in [0.4, 0.5) is 0 Å². The summed E-state index contributed by atoms with van der Waals surface area (Å²) >= 11 is 1.67. The number of nitrogens with one attached hydrogen (secondary N) is 1. The van der Waals surface area contributed by atoms with Crippen molar-refractivity contribution in [2.75, 3.05) is 6.61 Å². The van der Waals surface area contributed by atoms with Crippen LogP contribution in [0, 0.1) is 0 Å². The minimum Gasteiger partial charge on any atom is -0.493 e. The molecule has 0 saturated carbocycles. The summed E-state index contributed by atoms with van der Waals surface area (Å²) in [5.74, 6) is 6.69. The van der Waals surface area contributed by atoms with E-state index in [1.54, 1.807) is 11.3 Å². The molecule has 17 heavy (non-hydrogen) atoms. The number of hydrogen-bond acceptors (Lipinski definition) is 4. The molecule has 1 aromatic heterocycles. The summed E-state index contributed by atoms with van der Waals surface area (Å²) in [4.78, 5) is 0. The number of ether oxygens (including phenoxy) is 1. The van der Waals surface area contributed by atoms with Crippen LogP contribution in [0.3, 0.4) is 0 Å². The van der Waals surface area contributed by atoms with E-state index in [4.69, 9.17) is 10.6 Å². The standard InChI is InChI=1S/C13H14N2OS/c14-15-12(10-5-7-17-8-10)11-3-1-2-9-4-6-16-13(9)11/h1-3,5,7-8,12,15H,4,6,14H2. The summed E-state index contributed by atoms with van der Waals surface area (Å²) in [5.41, 5.74) is 6.46. The fraction of sp³-hybridized carbons (Fsp3) is 0.231. The van der Waals surface area contributed by atoms with Crippen molar-refractivity contribution in [1.82, 2.24) is 5.43 Å². The van der Waals surface area contributed by atoms with Crippen molar-refractivity contribution < 1.29 is 4.74 Å². The van der Waals surface area contributed by atoms with E-state index in [-0.39, 0.29) is 6.04 Å². The molecular formula is C13H14N2OS. The van der Waals surface area contributed by atoms with Gasteiger partial charge in [-0.3, -0.25) is 5.84 Å². The van der Waals surface area contributed by atoms with Crippen molar-refractivity contribution in [3.8, 4) is 5.75 Å². The molecule has 1 atom stereocenters. The van der Waals surface area contributed by atoms with Gasteiger partial charge in [-0.1, -0.05) is 18.2 Å². The zero-order chi connectivity index (χ0) is 11.7. The van der Waals surface area contributed by atoms with Gasteiger partial charge in [0.1, 0.15) is 5.75 Å². The van der Waals surface area contributed by atoms with Crippen molar-refractivity contribution in [1.29, 1.82) is 0 Å². The fourth-order valence-electron chi connectivity index (χ4n) is 2.27. The number of benzene rings is 1. The number of rotatable bonds is 3. The molecule has 0 bridgehead atoms. The van der Waals surface area contributed by atoms with Gasteiger partial charge in [-0.25, -0.2) is 5.43 Å². The second kappa shape index (κ2) is 4.49. The molecule has 4 heteroatoms. The molecule has 3 rings (SSSR count). The average Bonchev–Trinajstić information content (AvgIpc) is 3.00. The second-order valence-corrected chi connectivity index (χ2v) is 4.87. The molecule has 1 aliphatic rings. The fourth-order valence-corrected chi connectivity index (χ4v) is 2.96. The van der Waals surface area contributed by atoms with Gasteiger partial charge in [-0.15, -0.1) is 0 Å². The molecule has 0 radical (unpaired) electrons. The maximum Gasteiger partial charge on any atom is 0.127 e. The number of para-hydroxylation sites is 1. The Labute approximate surface area is 104 Å². The molecule has 0 saturated heterocycles. The molecule has 1 aliphatic heterocycles. The van der Waals surface area contributed by atoms with Crippen molar-refractivity contribution >= 4 is 11.3 Å². The molecule has 3 N–H and O–H groups in total. The van der Waals surface area contributed by atoms with E-state index in [1.807, 2.05) is 0 Å². The van der Waals surface area contributed by atoms with Crippen LogP contribution in [0.5, 0.6) is 5.75 Å². The highest BCUT2D eigenvalue weighted by Crippen LogP contribution is 2.36. The van der Waals surface area contributed by atoms with Gasteiger partial charge < -0.3 is 4.74 Å². The van der Waals surface area contributed by atoms with Crippen molar-refractivity contribution in [3.63, 3.8) is 0 Å². The van der Waals surface area contributed by atoms with Gasteiger partial charge in [-0.05, 0) is 28.0 Å². The highest BCUT2D eigenvalue weighted by atomic mass is 32.1. The Bertz CT molecular complexity index is 510. The Hall–Kier alpha value is -1.36. The van der Waals surface area contributed by atoms with Crippen LogP contribution >= 0.6 is 11.3 Å². The Balaban J connectivity index is 2.06. The van der Waals surface area contributed by atoms with Gasteiger partial charge in [0.15, 0.2) is 0 Å². The highest BCUT2D eigenvalue weighted by Gasteiger charge is 2.22.